The summed E-state index contributed by atoms with van der Waals surface area (Å²) in [5.74, 6) is 5.89. The molecule has 0 saturated heterocycles. The van der Waals surface area contributed by atoms with Crippen LogP contribution in [-0.4, -0.2) is 25.6 Å². The number of amidine groups is 1. The van der Waals surface area contributed by atoms with E-state index in [1.165, 1.54) is 0 Å². The molecule has 0 unspecified atom stereocenters. The van der Waals surface area contributed by atoms with E-state index in [2.05, 4.69) is 63.8 Å². The van der Waals surface area contributed by atoms with Crippen molar-refractivity contribution < 1.29 is 0 Å². The zero-order valence-electron chi connectivity index (χ0n) is 19.2. The number of nitrogens with zero attached hydrogens (tertiary/aromatic N) is 5. The zero-order chi connectivity index (χ0) is 23.3. The lowest BCUT2D eigenvalue weighted by molar-refractivity contribution is 0.768. The van der Waals surface area contributed by atoms with Gasteiger partial charge in [-0.25, -0.2) is 21.3 Å². The van der Waals surface area contributed by atoms with Crippen LogP contribution >= 0.6 is 0 Å². The second-order valence-corrected chi connectivity index (χ2v) is 7.44. The SMILES string of the molecule is CC.CC(C)c1cc(-c2ncnc3cc(-c4cnn(C)c4)ccc23)ccc1/C(N)=N/NN. The molecule has 4 rings (SSSR count). The van der Waals surface area contributed by atoms with E-state index in [9.17, 15) is 0 Å². The molecule has 0 aliphatic rings. The highest BCUT2D eigenvalue weighted by atomic mass is 15.5. The van der Waals surface area contributed by atoms with Crippen LogP contribution < -0.4 is 17.1 Å². The van der Waals surface area contributed by atoms with Gasteiger partial charge < -0.3 is 5.73 Å². The van der Waals surface area contributed by atoms with Gasteiger partial charge in [-0.3, -0.25) is 4.68 Å². The van der Waals surface area contributed by atoms with E-state index in [-0.39, 0.29) is 5.92 Å². The summed E-state index contributed by atoms with van der Waals surface area (Å²) in [6.45, 7) is 8.23. The van der Waals surface area contributed by atoms with Gasteiger partial charge in [0.25, 0.3) is 0 Å². The summed E-state index contributed by atoms with van der Waals surface area (Å²) in [4.78, 5) is 9.06. The third-order valence-corrected chi connectivity index (χ3v) is 5.08. The Morgan fingerprint density at radius 1 is 1.03 bits per heavy atom. The summed E-state index contributed by atoms with van der Waals surface area (Å²) in [6.07, 6.45) is 5.43. The van der Waals surface area contributed by atoms with Crippen molar-refractivity contribution >= 4 is 16.7 Å². The maximum Gasteiger partial charge on any atom is 0.152 e. The summed E-state index contributed by atoms with van der Waals surface area (Å²) >= 11 is 0. The number of nitrogens with one attached hydrogen (secondary N) is 1. The second kappa shape index (κ2) is 10.0. The quantitative estimate of drug-likeness (QED) is 0.191. The summed E-state index contributed by atoms with van der Waals surface area (Å²) in [5.41, 5.74) is 15.1. The van der Waals surface area contributed by atoms with Gasteiger partial charge in [0.1, 0.15) is 6.33 Å². The number of aromatic nitrogens is 4. The first-order chi connectivity index (χ1) is 15.5. The molecule has 0 atom stereocenters. The first-order valence-electron chi connectivity index (χ1n) is 10.6. The number of benzene rings is 2. The standard InChI is InChI=1S/C22H24N8.C2H6/c1-13(2)19-8-15(5-6-17(19)22(23)28-29-24)21-18-7-4-14(9-20(18)25-12-26-21)16-10-27-30(3)11-16;1-2/h4-13,29H,24H2,1-3H3,(H2,23,28);1-2H3. The lowest BCUT2D eigenvalue weighted by Crippen LogP contribution is -2.24. The molecule has 0 aliphatic carbocycles. The molecule has 0 fully saturated rings. The van der Waals surface area contributed by atoms with Crippen LogP contribution in [0.15, 0.2) is 60.2 Å². The molecule has 0 bridgehead atoms. The second-order valence-electron chi connectivity index (χ2n) is 7.44. The van der Waals surface area contributed by atoms with Crippen molar-refractivity contribution in [2.75, 3.05) is 0 Å². The molecule has 2 aromatic heterocycles. The van der Waals surface area contributed by atoms with E-state index >= 15 is 0 Å². The van der Waals surface area contributed by atoms with Crippen LogP contribution in [0, 0.1) is 0 Å². The third kappa shape index (κ3) is 4.60. The molecule has 0 radical (unpaired) electrons. The Hall–Kier alpha value is -3.78. The van der Waals surface area contributed by atoms with Crippen molar-refractivity contribution in [3.8, 4) is 22.4 Å². The van der Waals surface area contributed by atoms with Gasteiger partial charge >= 0.3 is 0 Å². The Balaban J connectivity index is 0.00000141. The fraction of sp³-hybridized carbons (Fsp3) is 0.250. The molecule has 0 aliphatic heterocycles. The lowest BCUT2D eigenvalue weighted by atomic mass is 9.92. The number of hydrazone groups is 1. The fourth-order valence-corrected chi connectivity index (χ4v) is 3.59. The average molecular weight is 431 g/mol. The van der Waals surface area contributed by atoms with Crippen molar-refractivity contribution in [3.63, 3.8) is 0 Å². The van der Waals surface area contributed by atoms with E-state index in [4.69, 9.17) is 11.6 Å². The van der Waals surface area contributed by atoms with Crippen molar-refractivity contribution in [2.24, 2.45) is 23.7 Å². The summed E-state index contributed by atoms with van der Waals surface area (Å²) < 4.78 is 1.79. The molecule has 8 nitrogen and oxygen atoms in total. The molecule has 32 heavy (non-hydrogen) atoms. The molecule has 0 spiro atoms. The third-order valence-electron chi connectivity index (χ3n) is 5.08. The van der Waals surface area contributed by atoms with Crippen LogP contribution in [0.25, 0.3) is 33.3 Å². The first kappa shape index (κ1) is 22.9. The molecular formula is C24H30N8. The van der Waals surface area contributed by atoms with Gasteiger partial charge in [0, 0.05) is 35.3 Å². The van der Waals surface area contributed by atoms with Gasteiger partial charge in [0.05, 0.1) is 17.4 Å². The fourth-order valence-electron chi connectivity index (χ4n) is 3.59. The number of fused-ring (bicyclic) bond motifs is 1. The predicted molar refractivity (Wildman–Crippen MR) is 131 cm³/mol. The van der Waals surface area contributed by atoms with Gasteiger partial charge in [-0.05, 0) is 35.2 Å². The summed E-state index contributed by atoms with van der Waals surface area (Å²) in [6, 6.07) is 12.3. The molecular weight excluding hydrogens is 400 g/mol. The minimum atomic E-state index is 0.247. The highest BCUT2D eigenvalue weighted by Crippen LogP contribution is 2.31. The molecule has 8 heteroatoms. The molecule has 0 saturated carbocycles. The van der Waals surface area contributed by atoms with E-state index in [1.807, 2.05) is 45.4 Å². The van der Waals surface area contributed by atoms with E-state index in [1.54, 1.807) is 11.0 Å². The zero-order valence-corrected chi connectivity index (χ0v) is 19.2. The summed E-state index contributed by atoms with van der Waals surface area (Å²) in [7, 11) is 1.90. The van der Waals surface area contributed by atoms with Crippen LogP contribution in [0.1, 0.15) is 44.7 Å². The highest BCUT2D eigenvalue weighted by molar-refractivity contribution is 6.00. The number of rotatable bonds is 5. The van der Waals surface area contributed by atoms with Crippen molar-refractivity contribution in [3.05, 3.63) is 66.2 Å². The normalized spacial score (nSPS) is 11.4. The lowest BCUT2D eigenvalue weighted by Gasteiger charge is -2.15. The minimum absolute atomic E-state index is 0.247. The molecule has 166 valence electrons. The number of hydrogen-bond donors (Lipinski definition) is 3. The largest absolute Gasteiger partial charge is 0.382 e. The highest BCUT2D eigenvalue weighted by Gasteiger charge is 2.14. The van der Waals surface area contributed by atoms with Crippen LogP contribution in [-0.2, 0) is 7.05 Å². The Morgan fingerprint density at radius 2 is 1.78 bits per heavy atom. The molecule has 2 aromatic carbocycles. The van der Waals surface area contributed by atoms with Crippen LogP contribution in [0.3, 0.4) is 0 Å². The molecule has 0 amide bonds. The number of aryl methyl sites for hydroxylation is 1. The smallest absolute Gasteiger partial charge is 0.152 e. The average Bonchev–Trinajstić information content (AvgIpc) is 3.25. The van der Waals surface area contributed by atoms with E-state index in [0.29, 0.717) is 5.84 Å². The van der Waals surface area contributed by atoms with Gasteiger partial charge in [-0.2, -0.15) is 5.10 Å². The van der Waals surface area contributed by atoms with E-state index < -0.39 is 0 Å². The monoisotopic (exact) mass is 430 g/mol. The van der Waals surface area contributed by atoms with Crippen LogP contribution in [0.5, 0.6) is 0 Å². The van der Waals surface area contributed by atoms with Gasteiger partial charge in [-0.15, -0.1) is 5.10 Å². The minimum Gasteiger partial charge on any atom is -0.382 e. The first-order valence-corrected chi connectivity index (χ1v) is 10.6. The van der Waals surface area contributed by atoms with E-state index in [0.717, 1.165) is 44.4 Å². The van der Waals surface area contributed by atoms with Crippen LogP contribution in [0.4, 0.5) is 0 Å². The number of nitrogens with two attached hydrogens (primary N) is 2. The maximum absolute atomic E-state index is 6.07. The van der Waals surface area contributed by atoms with Gasteiger partial charge in [0.15, 0.2) is 5.84 Å². The van der Waals surface area contributed by atoms with Crippen LogP contribution in [0.2, 0.25) is 0 Å². The Labute approximate surface area is 188 Å². The van der Waals surface area contributed by atoms with Gasteiger partial charge in [0.2, 0.25) is 0 Å². The Morgan fingerprint density at radius 3 is 2.44 bits per heavy atom. The number of hydrazine groups is 1. The number of hydrogen-bond acceptors (Lipinski definition) is 6. The van der Waals surface area contributed by atoms with Gasteiger partial charge in [-0.1, -0.05) is 45.9 Å². The summed E-state index contributed by atoms with van der Waals surface area (Å²) in [5, 5.41) is 9.16. The molecule has 2 heterocycles. The van der Waals surface area contributed by atoms with Crippen molar-refractivity contribution in [2.45, 2.75) is 33.6 Å². The van der Waals surface area contributed by atoms with Crippen molar-refractivity contribution in [1.29, 1.82) is 0 Å². The Bertz CT molecular complexity index is 1240. The molecule has 5 N–H and O–H groups in total. The topological polar surface area (TPSA) is 120 Å². The maximum atomic E-state index is 6.07. The van der Waals surface area contributed by atoms with Crippen molar-refractivity contribution in [1.82, 2.24) is 25.3 Å². The Kier molecular flexibility index (Phi) is 7.17. The molecule has 4 aromatic rings. The predicted octanol–water partition coefficient (Wildman–Crippen LogP) is 3.93.